The van der Waals surface area contributed by atoms with E-state index in [9.17, 15) is 19.7 Å². The van der Waals surface area contributed by atoms with Crippen molar-refractivity contribution in [2.75, 3.05) is 18.0 Å². The molecule has 2 rings (SSSR count). The normalized spacial score (nSPS) is 17.3. The summed E-state index contributed by atoms with van der Waals surface area (Å²) in [5.41, 5.74) is -0.402. The van der Waals surface area contributed by atoms with Gasteiger partial charge in [-0.25, -0.2) is 0 Å². The molecule has 1 aliphatic heterocycles. The molecule has 0 aromatic heterocycles. The van der Waals surface area contributed by atoms with Crippen molar-refractivity contribution in [1.29, 1.82) is 0 Å². The Bertz CT molecular complexity index is 625. The number of ketones is 1. The van der Waals surface area contributed by atoms with Gasteiger partial charge in [-0.05, 0) is 32.9 Å². The average Bonchev–Trinajstić information content (AvgIpc) is 2.41. The summed E-state index contributed by atoms with van der Waals surface area (Å²) in [4.78, 5) is 35.8. The Balaban J connectivity index is 2.50. The van der Waals surface area contributed by atoms with Gasteiger partial charge in [0.05, 0.1) is 10.5 Å². The molecule has 1 aliphatic rings. The Morgan fingerprint density at radius 2 is 2.10 bits per heavy atom. The van der Waals surface area contributed by atoms with Crippen molar-refractivity contribution in [3.63, 3.8) is 0 Å². The number of nitrogens with zero attached hydrogens (tertiary/aromatic N) is 2. The van der Waals surface area contributed by atoms with Crippen LogP contribution < -0.4 is 10.2 Å². The van der Waals surface area contributed by atoms with Gasteiger partial charge in [-0.2, -0.15) is 0 Å². The molecule has 0 aliphatic carbocycles. The summed E-state index contributed by atoms with van der Waals surface area (Å²) >= 11 is 0. The van der Waals surface area contributed by atoms with Crippen molar-refractivity contribution in [2.45, 2.75) is 26.3 Å². The van der Waals surface area contributed by atoms with Crippen LogP contribution in [0.25, 0.3) is 0 Å². The molecule has 1 aromatic carbocycles. The largest absolute Gasteiger partial charge is 0.356 e. The molecule has 1 saturated heterocycles. The average molecular weight is 291 g/mol. The molecular weight excluding hydrogens is 274 g/mol. The zero-order valence-electron chi connectivity index (χ0n) is 12.2. The van der Waals surface area contributed by atoms with Crippen molar-refractivity contribution >= 4 is 23.1 Å². The first-order valence-corrected chi connectivity index (χ1v) is 6.60. The van der Waals surface area contributed by atoms with Gasteiger partial charge in [-0.15, -0.1) is 0 Å². The number of rotatable bonds is 3. The van der Waals surface area contributed by atoms with Gasteiger partial charge in [0.2, 0.25) is 5.91 Å². The maximum absolute atomic E-state index is 12.0. The maximum Gasteiger partial charge on any atom is 0.282 e. The van der Waals surface area contributed by atoms with Gasteiger partial charge < -0.3 is 10.2 Å². The van der Waals surface area contributed by atoms with E-state index in [-0.39, 0.29) is 22.9 Å². The number of hydrogen-bond donors (Lipinski definition) is 1. The molecular formula is C14H17N3O4. The van der Waals surface area contributed by atoms with Crippen LogP contribution in [-0.2, 0) is 4.79 Å². The predicted molar refractivity (Wildman–Crippen MR) is 77.5 cm³/mol. The van der Waals surface area contributed by atoms with Gasteiger partial charge in [-0.1, -0.05) is 0 Å². The second-order valence-electron chi connectivity index (χ2n) is 5.48. The number of amides is 1. The van der Waals surface area contributed by atoms with Crippen LogP contribution in [0.5, 0.6) is 0 Å². The Kier molecular flexibility index (Phi) is 3.67. The van der Waals surface area contributed by atoms with Crippen LogP contribution >= 0.6 is 0 Å². The van der Waals surface area contributed by atoms with E-state index in [0.717, 1.165) is 0 Å². The lowest BCUT2D eigenvalue weighted by Gasteiger charge is -2.42. The fraction of sp³-hybridized carbons (Fsp3) is 0.429. The monoisotopic (exact) mass is 291 g/mol. The predicted octanol–water partition coefficient (Wildman–Crippen LogP) is 1.51. The van der Waals surface area contributed by atoms with Crippen LogP contribution in [0.1, 0.15) is 31.1 Å². The van der Waals surface area contributed by atoms with Crippen molar-refractivity contribution in [3.05, 3.63) is 33.9 Å². The summed E-state index contributed by atoms with van der Waals surface area (Å²) in [5, 5.41) is 13.9. The number of nitro groups is 1. The molecule has 0 radical (unpaired) electrons. The number of benzene rings is 1. The fourth-order valence-corrected chi connectivity index (χ4v) is 2.49. The Morgan fingerprint density at radius 3 is 2.67 bits per heavy atom. The van der Waals surface area contributed by atoms with Gasteiger partial charge in [0.15, 0.2) is 5.78 Å². The minimum atomic E-state index is -0.802. The first-order chi connectivity index (χ1) is 9.75. The minimum Gasteiger partial charge on any atom is -0.356 e. The van der Waals surface area contributed by atoms with E-state index in [4.69, 9.17) is 0 Å². The highest BCUT2D eigenvalue weighted by atomic mass is 16.6. The third-order valence-electron chi connectivity index (χ3n) is 3.72. The van der Waals surface area contributed by atoms with Crippen molar-refractivity contribution in [3.8, 4) is 0 Å². The first-order valence-electron chi connectivity index (χ1n) is 6.60. The quantitative estimate of drug-likeness (QED) is 0.517. The summed E-state index contributed by atoms with van der Waals surface area (Å²) in [7, 11) is 0. The summed E-state index contributed by atoms with van der Waals surface area (Å²) in [5.74, 6) is -0.490. The van der Waals surface area contributed by atoms with Crippen LogP contribution in [0.2, 0.25) is 0 Å². The lowest BCUT2D eigenvalue weighted by Crippen LogP contribution is -2.62. The van der Waals surface area contributed by atoms with E-state index in [2.05, 4.69) is 5.32 Å². The summed E-state index contributed by atoms with van der Waals surface area (Å²) < 4.78 is 0. The number of anilines is 1. The molecule has 1 fully saturated rings. The summed E-state index contributed by atoms with van der Waals surface area (Å²) in [6.45, 7) is 5.83. The standard InChI is InChI=1S/C14H17N3O4/c1-9(18)11-5-4-10(8-12(11)17(20)21)16-7-6-15-13(19)14(16,2)3/h4-5,8H,6-7H2,1-3H3,(H,15,19). The third kappa shape index (κ3) is 2.58. The molecule has 21 heavy (non-hydrogen) atoms. The van der Waals surface area contributed by atoms with Gasteiger partial charge in [0.1, 0.15) is 5.54 Å². The Morgan fingerprint density at radius 1 is 1.43 bits per heavy atom. The first kappa shape index (κ1) is 15.0. The number of nitro benzene ring substituents is 1. The summed E-state index contributed by atoms with van der Waals surface area (Å²) in [6, 6.07) is 4.44. The minimum absolute atomic E-state index is 0.0722. The van der Waals surface area contributed by atoms with E-state index in [1.165, 1.54) is 19.1 Å². The molecule has 0 bridgehead atoms. The fourth-order valence-electron chi connectivity index (χ4n) is 2.49. The molecule has 0 atom stereocenters. The molecule has 7 nitrogen and oxygen atoms in total. The van der Waals surface area contributed by atoms with E-state index in [1.807, 2.05) is 4.90 Å². The molecule has 7 heteroatoms. The third-order valence-corrected chi connectivity index (χ3v) is 3.72. The highest BCUT2D eigenvalue weighted by Gasteiger charge is 2.38. The zero-order valence-corrected chi connectivity index (χ0v) is 12.2. The second kappa shape index (κ2) is 5.16. The molecule has 1 aromatic rings. The number of Topliss-reactive ketones (excluding diaryl/α,β-unsaturated/α-hetero) is 1. The van der Waals surface area contributed by atoms with Gasteiger partial charge in [0.25, 0.3) is 5.69 Å². The molecule has 1 amide bonds. The Labute approximate surface area is 122 Å². The number of carbonyl (C=O) groups excluding carboxylic acids is 2. The van der Waals surface area contributed by atoms with Crippen LogP contribution in [0.3, 0.4) is 0 Å². The number of carbonyl (C=O) groups is 2. The zero-order chi connectivity index (χ0) is 15.8. The van der Waals surface area contributed by atoms with Crippen LogP contribution in [0.15, 0.2) is 18.2 Å². The van der Waals surface area contributed by atoms with Gasteiger partial charge in [-0.3, -0.25) is 19.7 Å². The van der Waals surface area contributed by atoms with Crippen LogP contribution in [-0.4, -0.2) is 35.2 Å². The van der Waals surface area contributed by atoms with Crippen molar-refractivity contribution in [1.82, 2.24) is 5.32 Å². The second-order valence-corrected chi connectivity index (χ2v) is 5.48. The van der Waals surface area contributed by atoms with Gasteiger partial charge >= 0.3 is 0 Å². The number of piperazine rings is 1. The maximum atomic E-state index is 12.0. The molecule has 0 saturated carbocycles. The molecule has 0 unspecified atom stereocenters. The highest BCUT2D eigenvalue weighted by molar-refractivity contribution is 5.99. The lowest BCUT2D eigenvalue weighted by molar-refractivity contribution is -0.385. The van der Waals surface area contributed by atoms with Crippen molar-refractivity contribution < 1.29 is 14.5 Å². The Hall–Kier alpha value is -2.44. The van der Waals surface area contributed by atoms with E-state index >= 15 is 0 Å². The van der Waals surface area contributed by atoms with E-state index in [0.29, 0.717) is 18.8 Å². The van der Waals surface area contributed by atoms with Crippen LogP contribution in [0.4, 0.5) is 11.4 Å². The SMILES string of the molecule is CC(=O)c1ccc(N2CCNC(=O)C2(C)C)cc1[N+](=O)[O-]. The lowest BCUT2D eigenvalue weighted by atomic mass is 9.97. The molecule has 1 heterocycles. The van der Waals surface area contributed by atoms with Crippen LogP contribution in [0, 0.1) is 10.1 Å². The van der Waals surface area contributed by atoms with E-state index < -0.39 is 10.5 Å². The highest BCUT2D eigenvalue weighted by Crippen LogP contribution is 2.31. The van der Waals surface area contributed by atoms with Crippen molar-refractivity contribution in [2.24, 2.45) is 0 Å². The van der Waals surface area contributed by atoms with Gasteiger partial charge in [0, 0.05) is 24.8 Å². The number of nitrogens with one attached hydrogen (secondary N) is 1. The molecule has 112 valence electrons. The topological polar surface area (TPSA) is 92.6 Å². The smallest absolute Gasteiger partial charge is 0.282 e. The molecule has 0 spiro atoms. The van der Waals surface area contributed by atoms with E-state index in [1.54, 1.807) is 19.9 Å². The summed E-state index contributed by atoms with van der Waals surface area (Å²) in [6.07, 6.45) is 0. The molecule has 1 N–H and O–H groups in total. The number of hydrogen-bond acceptors (Lipinski definition) is 5.